The maximum Gasteiger partial charge on any atom is 0.143 e. The van der Waals surface area contributed by atoms with Gasteiger partial charge >= 0.3 is 0 Å². The van der Waals surface area contributed by atoms with Crippen molar-refractivity contribution in [2.75, 3.05) is 0 Å². The minimum atomic E-state index is 0.233. The zero-order chi connectivity index (χ0) is 9.00. The summed E-state index contributed by atoms with van der Waals surface area (Å²) in [7, 11) is 0. The molecule has 1 aromatic rings. The zero-order valence-corrected chi connectivity index (χ0v) is 7.66. The second-order valence-corrected chi connectivity index (χ2v) is 4.21. The largest absolute Gasteiger partial charge is 0.299 e. The Labute approximate surface area is 77.8 Å². The van der Waals surface area contributed by atoms with E-state index in [2.05, 4.69) is 25.1 Å². The van der Waals surface area contributed by atoms with E-state index in [-0.39, 0.29) is 11.8 Å². The van der Waals surface area contributed by atoms with Crippen LogP contribution in [0, 0.1) is 5.92 Å². The average Bonchev–Trinajstić information content (AvgIpc) is 2.66. The highest BCUT2D eigenvalue weighted by atomic mass is 16.1. The summed E-state index contributed by atoms with van der Waals surface area (Å²) >= 11 is 0. The first-order valence-electron chi connectivity index (χ1n) is 4.91. The minimum Gasteiger partial charge on any atom is -0.299 e. The summed E-state index contributed by atoms with van der Waals surface area (Å²) in [6.45, 7) is 2.07. The minimum absolute atomic E-state index is 0.233. The number of rotatable bonds is 0. The van der Waals surface area contributed by atoms with Crippen molar-refractivity contribution in [1.29, 1.82) is 0 Å². The van der Waals surface area contributed by atoms with Crippen molar-refractivity contribution in [3.8, 4) is 0 Å². The first kappa shape index (κ1) is 7.31. The van der Waals surface area contributed by atoms with Crippen LogP contribution in [0.25, 0.3) is 0 Å². The highest BCUT2D eigenvalue weighted by Crippen LogP contribution is 2.53. The molecule has 1 heteroatoms. The van der Waals surface area contributed by atoms with Gasteiger partial charge in [-0.15, -0.1) is 0 Å². The summed E-state index contributed by atoms with van der Waals surface area (Å²) < 4.78 is 0. The quantitative estimate of drug-likeness (QED) is 0.587. The molecule has 0 N–H and O–H groups in total. The molecule has 0 heterocycles. The zero-order valence-electron chi connectivity index (χ0n) is 7.66. The van der Waals surface area contributed by atoms with Crippen molar-refractivity contribution < 1.29 is 4.79 Å². The van der Waals surface area contributed by atoms with Crippen molar-refractivity contribution in [2.24, 2.45) is 5.92 Å². The van der Waals surface area contributed by atoms with E-state index in [1.54, 1.807) is 0 Å². The Kier molecular flexibility index (Phi) is 1.25. The van der Waals surface area contributed by atoms with E-state index < -0.39 is 0 Å². The van der Waals surface area contributed by atoms with Gasteiger partial charge < -0.3 is 0 Å². The number of carbonyl (C=O) groups is 1. The van der Waals surface area contributed by atoms with E-state index in [0.717, 1.165) is 6.42 Å². The lowest BCUT2D eigenvalue weighted by Gasteiger charge is -2.19. The lowest BCUT2D eigenvalue weighted by atomic mass is 9.84. The third-order valence-electron chi connectivity index (χ3n) is 3.66. The number of fused-ring (bicyclic) bond motifs is 5. The molecule has 0 amide bonds. The van der Waals surface area contributed by atoms with Crippen LogP contribution in [-0.4, -0.2) is 5.78 Å². The van der Waals surface area contributed by atoms with E-state index >= 15 is 0 Å². The first-order chi connectivity index (χ1) is 6.29. The molecule has 0 aromatic heterocycles. The molecule has 1 nitrogen and oxygen atoms in total. The number of ketones is 1. The van der Waals surface area contributed by atoms with Crippen molar-refractivity contribution in [3.05, 3.63) is 35.4 Å². The normalized spacial score (nSPS) is 35.2. The monoisotopic (exact) mass is 172 g/mol. The summed E-state index contributed by atoms with van der Waals surface area (Å²) in [6.07, 6.45) is 1.07. The summed E-state index contributed by atoms with van der Waals surface area (Å²) in [5, 5.41) is 0. The van der Waals surface area contributed by atoms with Gasteiger partial charge in [0.15, 0.2) is 0 Å². The molecule has 3 rings (SSSR count). The molecule has 2 aliphatic rings. The van der Waals surface area contributed by atoms with Gasteiger partial charge in [-0.2, -0.15) is 0 Å². The second-order valence-electron chi connectivity index (χ2n) is 4.21. The number of hydrogen-bond acceptors (Lipinski definition) is 1. The van der Waals surface area contributed by atoms with Crippen LogP contribution in [0.15, 0.2) is 24.3 Å². The summed E-state index contributed by atoms with van der Waals surface area (Å²) in [5.74, 6) is 1.48. The van der Waals surface area contributed by atoms with Gasteiger partial charge in [0, 0.05) is 11.8 Å². The highest BCUT2D eigenvalue weighted by Gasteiger charge is 2.47. The molecule has 1 fully saturated rings. The molecule has 2 aliphatic carbocycles. The molecular formula is C12H12O. The molecule has 1 aromatic carbocycles. The predicted molar refractivity (Wildman–Crippen MR) is 50.7 cm³/mol. The van der Waals surface area contributed by atoms with Gasteiger partial charge in [0.2, 0.25) is 0 Å². The molecule has 0 radical (unpaired) electrons. The molecule has 2 bridgehead atoms. The SMILES string of the molecule is C[C@H]1C(=O)[C@@H]2C[C@H]1c1ccccc12. The smallest absolute Gasteiger partial charge is 0.143 e. The molecule has 13 heavy (non-hydrogen) atoms. The van der Waals surface area contributed by atoms with Gasteiger partial charge in [-0.1, -0.05) is 31.2 Å². The number of carbonyl (C=O) groups excluding carboxylic acids is 1. The van der Waals surface area contributed by atoms with Gasteiger partial charge in [0.1, 0.15) is 5.78 Å². The summed E-state index contributed by atoms with van der Waals surface area (Å²) in [4.78, 5) is 11.7. The van der Waals surface area contributed by atoms with Gasteiger partial charge in [0.25, 0.3) is 0 Å². The molecule has 0 saturated heterocycles. The molecule has 66 valence electrons. The lowest BCUT2D eigenvalue weighted by Crippen LogP contribution is -2.18. The topological polar surface area (TPSA) is 17.1 Å². The standard InChI is InChI=1S/C12H12O/c1-7-10-6-11(12(7)13)9-5-3-2-4-8(9)10/h2-5,7,10-11H,6H2,1H3/t7-,10-,11-/m1/s1. The van der Waals surface area contributed by atoms with E-state index in [1.807, 2.05) is 6.07 Å². The van der Waals surface area contributed by atoms with Crippen LogP contribution in [0.1, 0.15) is 36.3 Å². The van der Waals surface area contributed by atoms with Crippen LogP contribution in [0.5, 0.6) is 0 Å². The summed E-state index contributed by atoms with van der Waals surface area (Å²) in [6, 6.07) is 8.42. The maximum atomic E-state index is 11.7. The van der Waals surface area contributed by atoms with Gasteiger partial charge in [-0.3, -0.25) is 4.79 Å². The third-order valence-corrected chi connectivity index (χ3v) is 3.66. The van der Waals surface area contributed by atoms with E-state index in [1.165, 1.54) is 11.1 Å². The Hall–Kier alpha value is -1.11. The van der Waals surface area contributed by atoms with Gasteiger partial charge in [-0.25, -0.2) is 0 Å². The Morgan fingerprint density at radius 1 is 1.23 bits per heavy atom. The van der Waals surface area contributed by atoms with Crippen LogP contribution in [0.4, 0.5) is 0 Å². The molecule has 3 atom stereocenters. The second kappa shape index (κ2) is 2.22. The molecule has 0 spiro atoms. The van der Waals surface area contributed by atoms with Crippen LogP contribution < -0.4 is 0 Å². The van der Waals surface area contributed by atoms with Crippen LogP contribution in [0.2, 0.25) is 0 Å². The highest BCUT2D eigenvalue weighted by molar-refractivity contribution is 5.93. The Bertz CT molecular complexity index is 380. The number of Topliss-reactive ketones (excluding diaryl/α,β-unsaturated/α-hetero) is 1. The van der Waals surface area contributed by atoms with Crippen molar-refractivity contribution in [3.63, 3.8) is 0 Å². The van der Waals surface area contributed by atoms with E-state index in [0.29, 0.717) is 11.7 Å². The van der Waals surface area contributed by atoms with Crippen LogP contribution in [-0.2, 0) is 4.79 Å². The molecule has 0 aliphatic heterocycles. The van der Waals surface area contributed by atoms with Crippen molar-refractivity contribution in [1.82, 2.24) is 0 Å². The first-order valence-corrected chi connectivity index (χ1v) is 4.91. The van der Waals surface area contributed by atoms with Crippen molar-refractivity contribution >= 4 is 5.78 Å². The fourth-order valence-corrected chi connectivity index (χ4v) is 2.93. The maximum absolute atomic E-state index is 11.7. The molecular weight excluding hydrogens is 160 g/mol. The van der Waals surface area contributed by atoms with E-state index in [9.17, 15) is 4.79 Å². The number of benzene rings is 1. The van der Waals surface area contributed by atoms with E-state index in [4.69, 9.17) is 0 Å². The summed E-state index contributed by atoms with van der Waals surface area (Å²) in [5.41, 5.74) is 2.73. The van der Waals surface area contributed by atoms with Gasteiger partial charge in [0.05, 0.1) is 0 Å². The van der Waals surface area contributed by atoms with Gasteiger partial charge in [-0.05, 0) is 23.5 Å². The lowest BCUT2D eigenvalue weighted by molar-refractivity contribution is -0.121. The Morgan fingerprint density at radius 3 is 2.69 bits per heavy atom. The molecule has 1 saturated carbocycles. The fourth-order valence-electron chi connectivity index (χ4n) is 2.93. The Morgan fingerprint density at radius 2 is 1.92 bits per heavy atom. The predicted octanol–water partition coefficient (Wildman–Crippen LogP) is 2.48. The fraction of sp³-hybridized carbons (Fsp3) is 0.417. The third kappa shape index (κ3) is 0.749. The van der Waals surface area contributed by atoms with Crippen LogP contribution >= 0.6 is 0 Å². The number of hydrogen-bond donors (Lipinski definition) is 0. The average molecular weight is 172 g/mol. The Balaban J connectivity index is 2.22. The molecule has 0 unspecified atom stereocenters. The van der Waals surface area contributed by atoms with Crippen LogP contribution in [0.3, 0.4) is 0 Å². The van der Waals surface area contributed by atoms with Crippen molar-refractivity contribution in [2.45, 2.75) is 25.2 Å².